The first-order chi connectivity index (χ1) is 9.47. The molecule has 2 amide bonds. The van der Waals surface area contributed by atoms with E-state index < -0.39 is 0 Å². The van der Waals surface area contributed by atoms with Gasteiger partial charge in [0.05, 0.1) is 0 Å². The molecule has 2 aromatic carbocycles. The van der Waals surface area contributed by atoms with Crippen LogP contribution in [0, 0.1) is 13.8 Å². The lowest BCUT2D eigenvalue weighted by Gasteiger charge is -2.11. The number of benzene rings is 2. The van der Waals surface area contributed by atoms with Gasteiger partial charge in [0, 0.05) is 20.9 Å². The van der Waals surface area contributed by atoms with Crippen molar-refractivity contribution in [2.75, 3.05) is 10.6 Å². The minimum atomic E-state index is -0.294. The highest BCUT2D eigenvalue weighted by molar-refractivity contribution is 9.10. The fourth-order valence-corrected chi connectivity index (χ4v) is 2.17. The molecule has 3 nitrogen and oxygen atoms in total. The molecule has 0 unspecified atom stereocenters. The molecule has 0 aromatic heterocycles. The van der Waals surface area contributed by atoms with Crippen LogP contribution in [0.15, 0.2) is 40.9 Å². The second kappa shape index (κ2) is 6.29. The zero-order valence-corrected chi connectivity index (χ0v) is 13.5. The number of aryl methyl sites for hydroxylation is 1. The monoisotopic (exact) mass is 352 g/mol. The van der Waals surface area contributed by atoms with E-state index in [2.05, 4.69) is 26.6 Å². The number of halogens is 2. The van der Waals surface area contributed by atoms with Crippen LogP contribution in [0.3, 0.4) is 0 Å². The number of urea groups is 1. The predicted molar refractivity (Wildman–Crippen MR) is 87.7 cm³/mol. The zero-order chi connectivity index (χ0) is 14.7. The highest BCUT2D eigenvalue weighted by Crippen LogP contribution is 2.24. The van der Waals surface area contributed by atoms with Crippen molar-refractivity contribution in [3.63, 3.8) is 0 Å². The second-order valence-corrected chi connectivity index (χ2v) is 5.72. The van der Waals surface area contributed by atoms with E-state index in [4.69, 9.17) is 11.6 Å². The molecule has 0 aliphatic heterocycles. The summed E-state index contributed by atoms with van der Waals surface area (Å²) in [5, 5.41) is 6.21. The third kappa shape index (κ3) is 3.52. The number of hydrogen-bond acceptors (Lipinski definition) is 1. The smallest absolute Gasteiger partial charge is 0.308 e. The van der Waals surface area contributed by atoms with Crippen molar-refractivity contribution >= 4 is 44.9 Å². The Bertz CT molecular complexity index is 658. The van der Waals surface area contributed by atoms with Crippen molar-refractivity contribution in [1.82, 2.24) is 0 Å². The molecule has 2 aromatic rings. The van der Waals surface area contributed by atoms with Gasteiger partial charge in [0.25, 0.3) is 0 Å². The molecule has 2 N–H and O–H groups in total. The van der Waals surface area contributed by atoms with Crippen molar-refractivity contribution in [1.29, 1.82) is 0 Å². The summed E-state index contributed by atoms with van der Waals surface area (Å²) in [6.45, 7) is 3.83. The van der Waals surface area contributed by atoms with Crippen LogP contribution >= 0.6 is 27.5 Å². The van der Waals surface area contributed by atoms with E-state index in [0.29, 0.717) is 10.7 Å². The molecule has 0 radical (unpaired) electrons. The summed E-state index contributed by atoms with van der Waals surface area (Å²) in [6, 6.07) is 10.7. The van der Waals surface area contributed by atoms with Gasteiger partial charge in [-0.3, -0.25) is 0 Å². The first kappa shape index (κ1) is 14.9. The third-order valence-corrected chi connectivity index (χ3v) is 4.23. The summed E-state index contributed by atoms with van der Waals surface area (Å²) in [6.07, 6.45) is 0. The maximum Gasteiger partial charge on any atom is 0.323 e. The second-order valence-electron chi connectivity index (χ2n) is 4.46. The lowest BCUT2D eigenvalue weighted by atomic mass is 10.2. The molecule has 0 aliphatic rings. The molecular formula is C15H14BrClN2O. The van der Waals surface area contributed by atoms with Crippen molar-refractivity contribution in [2.45, 2.75) is 13.8 Å². The van der Waals surface area contributed by atoms with Crippen molar-refractivity contribution in [3.8, 4) is 0 Å². The summed E-state index contributed by atoms with van der Waals surface area (Å²) < 4.78 is 1.01. The van der Waals surface area contributed by atoms with Gasteiger partial charge in [0.15, 0.2) is 0 Å². The van der Waals surface area contributed by atoms with E-state index in [-0.39, 0.29) is 6.03 Å². The number of hydrogen-bond donors (Lipinski definition) is 2. The number of nitrogens with one attached hydrogen (secondary N) is 2. The number of carbonyl (C=O) groups excluding carboxylic acids is 1. The predicted octanol–water partition coefficient (Wildman–Crippen LogP) is 5.36. The van der Waals surface area contributed by atoms with E-state index >= 15 is 0 Å². The number of carbonyl (C=O) groups is 1. The van der Waals surface area contributed by atoms with E-state index in [1.54, 1.807) is 12.1 Å². The van der Waals surface area contributed by atoms with Gasteiger partial charge >= 0.3 is 6.03 Å². The van der Waals surface area contributed by atoms with Crippen LogP contribution in [-0.4, -0.2) is 6.03 Å². The molecule has 0 fully saturated rings. The number of rotatable bonds is 2. The Kier molecular flexibility index (Phi) is 4.68. The van der Waals surface area contributed by atoms with Crippen molar-refractivity contribution < 1.29 is 4.79 Å². The van der Waals surface area contributed by atoms with E-state index in [1.807, 2.05) is 38.1 Å². The van der Waals surface area contributed by atoms with Crippen molar-refractivity contribution in [2.24, 2.45) is 0 Å². The Morgan fingerprint density at radius 2 is 1.90 bits per heavy atom. The Balaban J connectivity index is 2.09. The molecule has 5 heteroatoms. The number of anilines is 2. The molecule has 0 atom stereocenters. The largest absolute Gasteiger partial charge is 0.323 e. The Labute approximate surface area is 131 Å². The van der Waals surface area contributed by atoms with Crippen LogP contribution in [-0.2, 0) is 0 Å². The van der Waals surface area contributed by atoms with Crippen molar-refractivity contribution in [3.05, 3.63) is 57.0 Å². The Morgan fingerprint density at radius 3 is 2.60 bits per heavy atom. The topological polar surface area (TPSA) is 41.1 Å². The molecule has 0 heterocycles. The van der Waals surface area contributed by atoms with Gasteiger partial charge < -0.3 is 10.6 Å². The summed E-state index contributed by atoms with van der Waals surface area (Å²) in [4.78, 5) is 12.0. The fraction of sp³-hybridized carbons (Fsp3) is 0.133. The maximum absolute atomic E-state index is 12.0. The van der Waals surface area contributed by atoms with E-state index in [0.717, 1.165) is 21.3 Å². The summed E-state index contributed by atoms with van der Waals surface area (Å²) in [5.41, 5.74) is 3.34. The van der Waals surface area contributed by atoms with Gasteiger partial charge in [-0.1, -0.05) is 33.6 Å². The summed E-state index contributed by atoms with van der Waals surface area (Å²) >= 11 is 9.44. The van der Waals surface area contributed by atoms with Crippen LogP contribution in [0.1, 0.15) is 11.1 Å². The SMILES string of the molecule is Cc1cc(NC(=O)Nc2cccc(Cl)c2C)ccc1Br. The minimum absolute atomic E-state index is 0.294. The summed E-state index contributed by atoms with van der Waals surface area (Å²) in [5.74, 6) is 0. The average Bonchev–Trinajstić information content (AvgIpc) is 2.39. The van der Waals surface area contributed by atoms with E-state index in [9.17, 15) is 4.79 Å². The minimum Gasteiger partial charge on any atom is -0.308 e. The zero-order valence-electron chi connectivity index (χ0n) is 11.1. The van der Waals surface area contributed by atoms with Gasteiger partial charge in [-0.2, -0.15) is 0 Å². The highest BCUT2D eigenvalue weighted by Gasteiger charge is 2.07. The van der Waals surface area contributed by atoms with Crippen LogP contribution in [0.4, 0.5) is 16.2 Å². The molecule has 20 heavy (non-hydrogen) atoms. The molecular weight excluding hydrogens is 340 g/mol. The molecule has 0 spiro atoms. The van der Waals surface area contributed by atoms with Gasteiger partial charge in [-0.05, 0) is 55.3 Å². The van der Waals surface area contributed by atoms with Gasteiger partial charge in [0.1, 0.15) is 0 Å². The molecule has 0 saturated heterocycles. The summed E-state index contributed by atoms with van der Waals surface area (Å²) in [7, 11) is 0. The Hall–Kier alpha value is -1.52. The average molecular weight is 354 g/mol. The standard InChI is InChI=1S/C15H14BrClN2O/c1-9-8-11(6-7-12(9)16)18-15(20)19-14-5-3-4-13(17)10(14)2/h3-8H,1-2H3,(H2,18,19,20). The molecule has 0 saturated carbocycles. The van der Waals surface area contributed by atoms with Crippen LogP contribution in [0.5, 0.6) is 0 Å². The fourth-order valence-electron chi connectivity index (χ4n) is 1.75. The van der Waals surface area contributed by atoms with Crippen LogP contribution < -0.4 is 10.6 Å². The first-order valence-electron chi connectivity index (χ1n) is 6.06. The first-order valence-corrected chi connectivity index (χ1v) is 7.24. The third-order valence-electron chi connectivity index (χ3n) is 2.93. The normalized spacial score (nSPS) is 10.2. The lowest BCUT2D eigenvalue weighted by Crippen LogP contribution is -2.20. The molecule has 0 aliphatic carbocycles. The number of amides is 2. The maximum atomic E-state index is 12.0. The molecule has 2 rings (SSSR count). The Morgan fingerprint density at radius 1 is 1.15 bits per heavy atom. The molecule has 104 valence electrons. The van der Waals surface area contributed by atoms with Gasteiger partial charge in [-0.25, -0.2) is 4.79 Å². The van der Waals surface area contributed by atoms with Crippen LogP contribution in [0.25, 0.3) is 0 Å². The van der Waals surface area contributed by atoms with Gasteiger partial charge in [0.2, 0.25) is 0 Å². The highest BCUT2D eigenvalue weighted by atomic mass is 79.9. The molecule has 0 bridgehead atoms. The lowest BCUT2D eigenvalue weighted by molar-refractivity contribution is 0.262. The van der Waals surface area contributed by atoms with Crippen LogP contribution in [0.2, 0.25) is 5.02 Å². The van der Waals surface area contributed by atoms with Gasteiger partial charge in [-0.15, -0.1) is 0 Å². The van der Waals surface area contributed by atoms with E-state index in [1.165, 1.54) is 0 Å². The quantitative estimate of drug-likeness (QED) is 0.749.